The molecule has 1 aromatic heterocycles. The van der Waals surface area contributed by atoms with Crippen LogP contribution in [0.1, 0.15) is 30.4 Å². The molecule has 3 rings (SSSR count). The highest BCUT2D eigenvalue weighted by atomic mass is 16.5. The Bertz CT molecular complexity index is 906. The lowest BCUT2D eigenvalue weighted by Gasteiger charge is -2.18. The average Bonchev–Trinajstić information content (AvgIpc) is 3.16. The monoisotopic (exact) mass is 365 g/mol. The van der Waals surface area contributed by atoms with Gasteiger partial charge >= 0.3 is 0 Å². The van der Waals surface area contributed by atoms with Crippen LogP contribution in [0.25, 0.3) is 11.4 Å². The van der Waals surface area contributed by atoms with Crippen LogP contribution in [0.5, 0.6) is 5.75 Å². The van der Waals surface area contributed by atoms with Crippen molar-refractivity contribution in [3.8, 4) is 17.1 Å². The van der Waals surface area contributed by atoms with E-state index in [4.69, 9.17) is 9.26 Å². The lowest BCUT2D eigenvalue weighted by molar-refractivity contribution is -0.128. The van der Waals surface area contributed by atoms with Crippen LogP contribution >= 0.6 is 0 Å². The van der Waals surface area contributed by atoms with Crippen LogP contribution < -0.4 is 10.1 Å². The van der Waals surface area contributed by atoms with Crippen molar-refractivity contribution >= 4 is 5.91 Å². The maximum Gasteiger partial charge on any atom is 0.261 e. The molecular formula is C21H23N3O3. The number of nitrogens with zero attached hydrogens (tertiary/aromatic N) is 2. The number of hydrogen-bond donors (Lipinski definition) is 1. The Balaban J connectivity index is 1.61. The van der Waals surface area contributed by atoms with Crippen LogP contribution in [-0.2, 0) is 11.3 Å². The van der Waals surface area contributed by atoms with E-state index in [0.29, 0.717) is 18.1 Å². The van der Waals surface area contributed by atoms with Crippen LogP contribution in [0.15, 0.2) is 53.1 Å². The average molecular weight is 365 g/mol. The Kier molecular flexibility index (Phi) is 5.86. The van der Waals surface area contributed by atoms with Crippen molar-refractivity contribution in [2.24, 2.45) is 0 Å². The largest absolute Gasteiger partial charge is 0.480 e. The molecule has 3 aromatic rings. The number of amides is 1. The zero-order valence-electron chi connectivity index (χ0n) is 15.7. The van der Waals surface area contributed by atoms with Gasteiger partial charge in [0, 0.05) is 5.56 Å². The molecule has 0 bridgehead atoms. The van der Waals surface area contributed by atoms with Crippen molar-refractivity contribution in [1.82, 2.24) is 15.5 Å². The van der Waals surface area contributed by atoms with Crippen LogP contribution in [-0.4, -0.2) is 22.2 Å². The van der Waals surface area contributed by atoms with Gasteiger partial charge < -0.3 is 14.6 Å². The van der Waals surface area contributed by atoms with Gasteiger partial charge in [-0.05, 0) is 37.5 Å². The molecule has 0 aliphatic carbocycles. The Hall–Kier alpha value is -3.15. The van der Waals surface area contributed by atoms with Gasteiger partial charge in [0.15, 0.2) is 6.10 Å². The predicted molar refractivity (Wildman–Crippen MR) is 102 cm³/mol. The molecule has 0 spiro atoms. The number of aromatic nitrogens is 2. The molecule has 1 N–H and O–H groups in total. The van der Waals surface area contributed by atoms with Crippen LogP contribution in [0.3, 0.4) is 0 Å². The summed E-state index contributed by atoms with van der Waals surface area (Å²) >= 11 is 0. The van der Waals surface area contributed by atoms with Gasteiger partial charge in [0.1, 0.15) is 5.75 Å². The molecule has 1 amide bonds. The Morgan fingerprint density at radius 3 is 2.70 bits per heavy atom. The van der Waals surface area contributed by atoms with Gasteiger partial charge in [0.25, 0.3) is 5.91 Å². The summed E-state index contributed by atoms with van der Waals surface area (Å²) < 4.78 is 11.1. The Morgan fingerprint density at radius 1 is 1.19 bits per heavy atom. The molecule has 2 aromatic carbocycles. The minimum Gasteiger partial charge on any atom is -0.480 e. The number of nitrogens with one attached hydrogen (secondary N) is 1. The zero-order valence-corrected chi connectivity index (χ0v) is 15.7. The lowest BCUT2D eigenvalue weighted by Crippen LogP contribution is -2.37. The number of rotatable bonds is 7. The van der Waals surface area contributed by atoms with Gasteiger partial charge in [-0.25, -0.2) is 0 Å². The number of aryl methyl sites for hydroxylation is 2. The molecule has 0 saturated heterocycles. The highest BCUT2D eigenvalue weighted by molar-refractivity contribution is 5.81. The van der Waals surface area contributed by atoms with Gasteiger partial charge in [0.2, 0.25) is 11.7 Å². The van der Waals surface area contributed by atoms with E-state index in [1.807, 2.05) is 69.3 Å². The van der Waals surface area contributed by atoms with E-state index < -0.39 is 6.10 Å². The number of hydrogen-bond acceptors (Lipinski definition) is 5. The van der Waals surface area contributed by atoms with Gasteiger partial charge in [0.05, 0.1) is 6.54 Å². The topological polar surface area (TPSA) is 77.2 Å². The van der Waals surface area contributed by atoms with Crippen LogP contribution in [0.2, 0.25) is 0 Å². The van der Waals surface area contributed by atoms with Crippen LogP contribution in [0.4, 0.5) is 0 Å². The third kappa shape index (κ3) is 4.73. The predicted octanol–water partition coefficient (Wildman–Crippen LogP) is 3.83. The van der Waals surface area contributed by atoms with Crippen molar-refractivity contribution < 1.29 is 14.1 Å². The smallest absolute Gasteiger partial charge is 0.261 e. The van der Waals surface area contributed by atoms with Crippen molar-refractivity contribution in [2.45, 2.75) is 39.8 Å². The van der Waals surface area contributed by atoms with Gasteiger partial charge in [-0.15, -0.1) is 0 Å². The quantitative estimate of drug-likeness (QED) is 0.688. The second-order valence-corrected chi connectivity index (χ2v) is 6.38. The van der Waals surface area contributed by atoms with E-state index >= 15 is 0 Å². The van der Waals surface area contributed by atoms with E-state index in [9.17, 15) is 4.79 Å². The third-order valence-electron chi connectivity index (χ3n) is 4.19. The summed E-state index contributed by atoms with van der Waals surface area (Å²) in [6.45, 7) is 6.02. The van der Waals surface area contributed by atoms with E-state index in [-0.39, 0.29) is 12.5 Å². The summed E-state index contributed by atoms with van der Waals surface area (Å²) in [4.78, 5) is 16.8. The van der Waals surface area contributed by atoms with E-state index in [0.717, 1.165) is 22.4 Å². The first-order valence-electron chi connectivity index (χ1n) is 8.96. The molecule has 0 saturated carbocycles. The number of carbonyl (C=O) groups is 1. The maximum absolute atomic E-state index is 12.5. The summed E-state index contributed by atoms with van der Waals surface area (Å²) in [5, 5.41) is 6.76. The van der Waals surface area contributed by atoms with Crippen molar-refractivity contribution in [2.75, 3.05) is 0 Å². The highest BCUT2D eigenvalue weighted by Gasteiger charge is 2.20. The van der Waals surface area contributed by atoms with E-state index in [2.05, 4.69) is 15.5 Å². The maximum atomic E-state index is 12.5. The molecule has 27 heavy (non-hydrogen) atoms. The molecule has 1 heterocycles. The summed E-state index contributed by atoms with van der Waals surface area (Å²) in [7, 11) is 0. The fraction of sp³-hybridized carbons (Fsp3) is 0.286. The van der Waals surface area contributed by atoms with Gasteiger partial charge in [-0.1, -0.05) is 54.5 Å². The normalized spacial score (nSPS) is 11.8. The first-order chi connectivity index (χ1) is 13.1. The highest BCUT2D eigenvalue weighted by Crippen LogP contribution is 2.21. The minimum atomic E-state index is -0.581. The minimum absolute atomic E-state index is 0.158. The van der Waals surface area contributed by atoms with E-state index in [1.54, 1.807) is 0 Å². The summed E-state index contributed by atoms with van der Waals surface area (Å²) in [5.74, 6) is 1.36. The van der Waals surface area contributed by atoms with Crippen molar-refractivity contribution in [1.29, 1.82) is 0 Å². The van der Waals surface area contributed by atoms with Gasteiger partial charge in [-0.3, -0.25) is 4.79 Å². The second kappa shape index (κ2) is 8.49. The SMILES string of the molecule is CCC(Oc1cc(C)ccc1C)C(=O)NCc1nc(-c2ccccc2)no1. The second-order valence-electron chi connectivity index (χ2n) is 6.38. The summed E-state index contributed by atoms with van der Waals surface area (Å²) in [6, 6.07) is 15.5. The van der Waals surface area contributed by atoms with Crippen molar-refractivity contribution in [3.63, 3.8) is 0 Å². The number of carbonyl (C=O) groups excluding carboxylic acids is 1. The number of benzene rings is 2. The van der Waals surface area contributed by atoms with Crippen molar-refractivity contribution in [3.05, 3.63) is 65.5 Å². The molecule has 1 atom stereocenters. The summed E-state index contributed by atoms with van der Waals surface area (Å²) in [6.07, 6.45) is -0.0276. The Labute approximate surface area is 158 Å². The Morgan fingerprint density at radius 2 is 1.96 bits per heavy atom. The molecule has 0 aliphatic heterocycles. The standard InChI is InChI=1S/C21H23N3O3/c1-4-17(26-18-12-14(2)10-11-15(18)3)21(25)22-13-19-23-20(24-27-19)16-8-6-5-7-9-16/h5-12,17H,4,13H2,1-3H3,(H,22,25). The third-order valence-corrected chi connectivity index (χ3v) is 4.19. The zero-order chi connectivity index (χ0) is 19.2. The van der Waals surface area contributed by atoms with Crippen LogP contribution in [0, 0.1) is 13.8 Å². The molecule has 6 heteroatoms. The molecule has 0 fully saturated rings. The molecule has 1 unspecified atom stereocenters. The van der Waals surface area contributed by atoms with Gasteiger partial charge in [-0.2, -0.15) is 4.98 Å². The number of ether oxygens (including phenoxy) is 1. The lowest BCUT2D eigenvalue weighted by atomic mass is 10.1. The first kappa shape index (κ1) is 18.6. The fourth-order valence-electron chi connectivity index (χ4n) is 2.62. The molecule has 0 radical (unpaired) electrons. The molecule has 0 aliphatic rings. The van der Waals surface area contributed by atoms with E-state index in [1.165, 1.54) is 0 Å². The molecule has 140 valence electrons. The molecular weight excluding hydrogens is 342 g/mol. The first-order valence-corrected chi connectivity index (χ1v) is 8.96. The molecule has 6 nitrogen and oxygen atoms in total. The fourth-order valence-corrected chi connectivity index (χ4v) is 2.62. The summed E-state index contributed by atoms with van der Waals surface area (Å²) in [5.41, 5.74) is 2.95.